The van der Waals surface area contributed by atoms with Gasteiger partial charge in [-0.15, -0.1) is 10.2 Å². The molecule has 0 spiro atoms. The number of benzene rings is 2. The van der Waals surface area contributed by atoms with Crippen molar-refractivity contribution < 1.29 is 9.18 Å². The summed E-state index contributed by atoms with van der Waals surface area (Å²) in [6.07, 6.45) is 0. The van der Waals surface area contributed by atoms with Crippen molar-refractivity contribution in [3.63, 3.8) is 0 Å². The van der Waals surface area contributed by atoms with Gasteiger partial charge in [0.1, 0.15) is 16.9 Å². The maximum Gasteiger partial charge on any atom is 0.240 e. The highest BCUT2D eigenvalue weighted by Gasteiger charge is 2.37. The predicted molar refractivity (Wildman–Crippen MR) is 108 cm³/mol. The Bertz CT molecular complexity index is 1040. The number of amides is 1. The molecule has 6 nitrogen and oxygen atoms in total. The number of halogens is 2. The summed E-state index contributed by atoms with van der Waals surface area (Å²) in [5, 5.41) is 11.1. The predicted octanol–water partition coefficient (Wildman–Crippen LogP) is 4.09. The van der Waals surface area contributed by atoms with Crippen molar-refractivity contribution in [1.29, 1.82) is 0 Å². The Morgan fingerprint density at radius 3 is 2.68 bits per heavy atom. The van der Waals surface area contributed by atoms with E-state index in [1.165, 1.54) is 30.0 Å². The molecule has 0 bridgehead atoms. The van der Waals surface area contributed by atoms with E-state index in [9.17, 15) is 9.18 Å². The molecule has 2 heterocycles. The van der Waals surface area contributed by atoms with Crippen LogP contribution in [0.15, 0.2) is 47.6 Å². The molecule has 144 valence electrons. The van der Waals surface area contributed by atoms with Crippen LogP contribution < -0.4 is 10.7 Å². The van der Waals surface area contributed by atoms with Gasteiger partial charge in [-0.3, -0.25) is 4.79 Å². The van der Waals surface area contributed by atoms with Crippen LogP contribution in [0.25, 0.3) is 0 Å². The van der Waals surface area contributed by atoms with Gasteiger partial charge in [-0.05, 0) is 37.6 Å². The monoisotopic (exact) mass is 417 g/mol. The average molecular weight is 418 g/mol. The maximum absolute atomic E-state index is 13.4. The number of hydrogen-bond acceptors (Lipinski definition) is 5. The molecule has 0 saturated heterocycles. The SMILES string of the molecule is Cc1ccc([C@@H]2Nn3c(C)nnc3S[C@H]2C(=O)Nc2ccc(F)c(Cl)c2)cc1. The van der Waals surface area contributed by atoms with Crippen molar-refractivity contribution in [2.45, 2.75) is 30.3 Å². The highest BCUT2D eigenvalue weighted by atomic mass is 35.5. The second-order valence-electron chi connectivity index (χ2n) is 6.54. The van der Waals surface area contributed by atoms with Crippen molar-refractivity contribution in [2.24, 2.45) is 0 Å². The van der Waals surface area contributed by atoms with Crippen LogP contribution >= 0.6 is 23.4 Å². The molecule has 3 aromatic rings. The van der Waals surface area contributed by atoms with Crippen molar-refractivity contribution in [3.8, 4) is 0 Å². The van der Waals surface area contributed by atoms with E-state index in [0.29, 0.717) is 16.7 Å². The fourth-order valence-electron chi connectivity index (χ4n) is 2.97. The summed E-state index contributed by atoms with van der Waals surface area (Å²) < 4.78 is 15.2. The summed E-state index contributed by atoms with van der Waals surface area (Å²) in [4.78, 5) is 13.1. The Kier molecular flexibility index (Phi) is 4.99. The number of nitrogens with one attached hydrogen (secondary N) is 2. The lowest BCUT2D eigenvalue weighted by Crippen LogP contribution is -2.41. The highest BCUT2D eigenvalue weighted by molar-refractivity contribution is 8.00. The van der Waals surface area contributed by atoms with E-state index in [1.54, 1.807) is 4.68 Å². The first kappa shape index (κ1) is 18.8. The third-order valence-electron chi connectivity index (χ3n) is 4.48. The highest BCUT2D eigenvalue weighted by Crippen LogP contribution is 2.37. The number of anilines is 1. The molecule has 0 unspecified atom stereocenters. The Labute approximate surface area is 170 Å². The van der Waals surface area contributed by atoms with E-state index in [2.05, 4.69) is 20.9 Å². The zero-order chi connectivity index (χ0) is 19.8. The van der Waals surface area contributed by atoms with Gasteiger partial charge < -0.3 is 10.7 Å². The minimum atomic E-state index is -0.533. The molecule has 9 heteroatoms. The third kappa shape index (κ3) is 3.57. The summed E-state index contributed by atoms with van der Waals surface area (Å²) in [5.41, 5.74) is 5.88. The van der Waals surface area contributed by atoms with Crippen LogP contribution in [-0.4, -0.2) is 26.0 Å². The van der Waals surface area contributed by atoms with E-state index < -0.39 is 11.1 Å². The number of aryl methyl sites for hydroxylation is 2. The number of hydrogen-bond donors (Lipinski definition) is 2. The van der Waals surface area contributed by atoms with E-state index in [4.69, 9.17) is 11.6 Å². The van der Waals surface area contributed by atoms with Crippen LogP contribution in [0, 0.1) is 19.7 Å². The Hall–Kier alpha value is -2.58. The van der Waals surface area contributed by atoms with E-state index >= 15 is 0 Å². The second kappa shape index (κ2) is 7.44. The summed E-state index contributed by atoms with van der Waals surface area (Å²) in [6, 6.07) is 11.8. The molecule has 1 aliphatic rings. The first-order valence-corrected chi connectivity index (χ1v) is 9.86. The number of fused-ring (bicyclic) bond motifs is 1. The van der Waals surface area contributed by atoms with Crippen LogP contribution in [0.1, 0.15) is 23.0 Å². The largest absolute Gasteiger partial charge is 0.325 e. The van der Waals surface area contributed by atoms with Crippen LogP contribution in [0.5, 0.6) is 0 Å². The fourth-order valence-corrected chi connectivity index (χ4v) is 4.28. The van der Waals surface area contributed by atoms with Crippen molar-refractivity contribution in [1.82, 2.24) is 14.9 Å². The van der Waals surface area contributed by atoms with Gasteiger partial charge in [0.25, 0.3) is 0 Å². The minimum Gasteiger partial charge on any atom is -0.325 e. The molecule has 0 radical (unpaired) electrons. The quantitative estimate of drug-likeness (QED) is 0.671. The average Bonchev–Trinajstić information content (AvgIpc) is 3.04. The second-order valence-corrected chi connectivity index (χ2v) is 8.06. The van der Waals surface area contributed by atoms with Gasteiger partial charge in [-0.1, -0.05) is 53.2 Å². The molecule has 2 aromatic carbocycles. The number of thioether (sulfide) groups is 1. The van der Waals surface area contributed by atoms with Gasteiger partial charge in [0.2, 0.25) is 11.1 Å². The summed E-state index contributed by atoms with van der Waals surface area (Å²) in [5.74, 6) is -0.0593. The maximum atomic E-state index is 13.4. The molecule has 28 heavy (non-hydrogen) atoms. The number of carbonyl (C=O) groups excluding carboxylic acids is 1. The van der Waals surface area contributed by atoms with Crippen LogP contribution in [0.3, 0.4) is 0 Å². The van der Waals surface area contributed by atoms with Crippen LogP contribution in [0.2, 0.25) is 5.02 Å². The molecule has 1 aromatic heterocycles. The van der Waals surface area contributed by atoms with Gasteiger partial charge in [-0.25, -0.2) is 9.07 Å². The van der Waals surface area contributed by atoms with Crippen molar-refractivity contribution in [2.75, 3.05) is 10.7 Å². The molecule has 2 N–H and O–H groups in total. The van der Waals surface area contributed by atoms with Crippen molar-refractivity contribution >= 4 is 35.0 Å². The summed E-state index contributed by atoms with van der Waals surface area (Å²) >= 11 is 7.15. The number of rotatable bonds is 3. The summed E-state index contributed by atoms with van der Waals surface area (Å²) in [7, 11) is 0. The lowest BCUT2D eigenvalue weighted by Gasteiger charge is -2.32. The van der Waals surface area contributed by atoms with Crippen molar-refractivity contribution in [3.05, 3.63) is 70.3 Å². The van der Waals surface area contributed by atoms with Gasteiger partial charge in [0, 0.05) is 5.69 Å². The number of carbonyl (C=O) groups is 1. The molecule has 1 aliphatic heterocycles. The lowest BCUT2D eigenvalue weighted by atomic mass is 10.0. The molecule has 0 saturated carbocycles. The zero-order valence-corrected chi connectivity index (χ0v) is 16.7. The summed E-state index contributed by atoms with van der Waals surface area (Å²) in [6.45, 7) is 3.86. The zero-order valence-electron chi connectivity index (χ0n) is 15.1. The lowest BCUT2D eigenvalue weighted by molar-refractivity contribution is -0.116. The van der Waals surface area contributed by atoms with E-state index in [0.717, 1.165) is 11.1 Å². The molecule has 4 rings (SSSR count). The first-order valence-electron chi connectivity index (χ1n) is 8.60. The normalized spacial score (nSPS) is 18.3. The first-order chi connectivity index (χ1) is 13.4. The van der Waals surface area contributed by atoms with Gasteiger partial charge >= 0.3 is 0 Å². The fraction of sp³-hybridized carbons (Fsp3) is 0.211. The molecule has 0 fully saturated rings. The standard InChI is InChI=1S/C19H17ClFN5OS/c1-10-3-5-12(6-4-10)16-17(28-19-24-23-11(2)26(19)25-16)18(27)22-13-7-8-15(21)14(20)9-13/h3-9,16-17,25H,1-2H3,(H,22,27)/t16-,17+/m0/s1. The van der Waals surface area contributed by atoms with Crippen LogP contribution in [-0.2, 0) is 4.79 Å². The smallest absolute Gasteiger partial charge is 0.240 e. The van der Waals surface area contributed by atoms with Crippen LogP contribution in [0.4, 0.5) is 10.1 Å². The van der Waals surface area contributed by atoms with E-state index in [-0.39, 0.29) is 17.0 Å². The molecule has 0 aliphatic carbocycles. The third-order valence-corrected chi connectivity index (χ3v) is 5.99. The Balaban J connectivity index is 1.65. The topological polar surface area (TPSA) is 71.8 Å². The minimum absolute atomic E-state index is 0.0438. The van der Waals surface area contributed by atoms with E-state index in [1.807, 2.05) is 38.1 Å². The van der Waals surface area contributed by atoms with Gasteiger partial charge in [0.05, 0.1) is 11.1 Å². The Morgan fingerprint density at radius 1 is 1.21 bits per heavy atom. The Morgan fingerprint density at radius 2 is 1.96 bits per heavy atom. The van der Waals surface area contributed by atoms with Gasteiger partial charge in [-0.2, -0.15) is 0 Å². The molecule has 1 amide bonds. The van der Waals surface area contributed by atoms with Gasteiger partial charge in [0.15, 0.2) is 0 Å². The number of aromatic nitrogens is 3. The molecule has 2 atom stereocenters. The number of nitrogens with zero attached hydrogens (tertiary/aromatic N) is 3. The molecular weight excluding hydrogens is 401 g/mol. The molecular formula is C19H17ClFN5OS.